The summed E-state index contributed by atoms with van der Waals surface area (Å²) in [7, 11) is 0. The van der Waals surface area contributed by atoms with Crippen molar-refractivity contribution in [2.45, 2.75) is 65.7 Å². The maximum Gasteiger partial charge on any atom is 0.349 e. The molecule has 0 amide bonds. The average molecular weight is 447 g/mol. The van der Waals surface area contributed by atoms with Crippen molar-refractivity contribution in [3.8, 4) is 11.5 Å². The van der Waals surface area contributed by atoms with Gasteiger partial charge in [-0.25, -0.2) is 9.78 Å². The number of aromatic amines is 1. The third-order valence-corrected chi connectivity index (χ3v) is 5.73. The van der Waals surface area contributed by atoms with Crippen molar-refractivity contribution in [1.29, 1.82) is 0 Å². The number of rotatable bonds is 7. The molecule has 172 valence electrons. The van der Waals surface area contributed by atoms with Crippen molar-refractivity contribution >= 4 is 11.0 Å². The quantitative estimate of drug-likeness (QED) is 0.433. The van der Waals surface area contributed by atoms with Gasteiger partial charge < -0.3 is 9.30 Å². The zero-order valence-electron chi connectivity index (χ0n) is 19.8. The summed E-state index contributed by atoms with van der Waals surface area (Å²) in [6.07, 6.45) is 0.515. The Balaban J connectivity index is 1.87. The van der Waals surface area contributed by atoms with Gasteiger partial charge in [-0.05, 0) is 49.9 Å². The van der Waals surface area contributed by atoms with E-state index >= 15 is 0 Å². The topological polar surface area (TPSA) is 89.9 Å². The second-order valence-electron chi connectivity index (χ2n) is 9.17. The number of aromatic nitrogens is 4. The SMILES string of the molecule is Cc1ccc(CC(Cn2c3nc(=O)[nH]c(=O)c-3nc3cc(C(C)C)ccc32)OC(C)C)cc1. The summed E-state index contributed by atoms with van der Waals surface area (Å²) in [5.41, 5.74) is 3.93. The highest BCUT2D eigenvalue weighted by molar-refractivity contribution is 5.80. The van der Waals surface area contributed by atoms with Gasteiger partial charge in [-0.1, -0.05) is 49.7 Å². The molecule has 0 aromatic heterocycles. The molecular weight excluding hydrogens is 416 g/mol. The van der Waals surface area contributed by atoms with E-state index in [2.05, 4.69) is 66.1 Å². The fraction of sp³-hybridized carbons (Fsp3) is 0.385. The van der Waals surface area contributed by atoms with E-state index in [9.17, 15) is 9.59 Å². The Hall–Kier alpha value is -3.32. The lowest BCUT2D eigenvalue weighted by Crippen LogP contribution is -2.32. The Bertz CT molecular complexity index is 1350. The number of nitrogens with zero attached hydrogens (tertiary/aromatic N) is 3. The van der Waals surface area contributed by atoms with Crippen molar-refractivity contribution < 1.29 is 4.74 Å². The van der Waals surface area contributed by atoms with Crippen LogP contribution in [0.4, 0.5) is 0 Å². The molecule has 2 aromatic carbocycles. The predicted octanol–water partition coefficient (Wildman–Crippen LogP) is 4.05. The zero-order chi connectivity index (χ0) is 23.7. The van der Waals surface area contributed by atoms with Gasteiger partial charge >= 0.3 is 5.69 Å². The first-order chi connectivity index (χ1) is 15.7. The maximum absolute atomic E-state index is 12.6. The summed E-state index contributed by atoms with van der Waals surface area (Å²) in [6, 6.07) is 14.4. The minimum Gasteiger partial charge on any atom is -0.373 e. The number of H-pyrrole nitrogens is 1. The van der Waals surface area contributed by atoms with Crippen LogP contribution in [0, 0.1) is 6.92 Å². The largest absolute Gasteiger partial charge is 0.373 e. The summed E-state index contributed by atoms with van der Waals surface area (Å²) in [6.45, 7) is 10.7. The highest BCUT2D eigenvalue weighted by Gasteiger charge is 2.22. The highest BCUT2D eigenvalue weighted by atomic mass is 16.5. The Labute approximate surface area is 192 Å². The standard InChI is InChI=1S/C26H30N4O3/c1-15(2)19-10-11-22-21(13-19)27-23-24(28-26(32)29-25(23)31)30(22)14-20(33-16(3)4)12-18-8-6-17(5)7-9-18/h6-11,13,15-16,20H,12,14H2,1-5H3,(H,29,31,32). The van der Waals surface area contributed by atoms with Crippen LogP contribution in [0.25, 0.3) is 22.6 Å². The Morgan fingerprint density at radius 2 is 1.73 bits per heavy atom. The second kappa shape index (κ2) is 9.27. The van der Waals surface area contributed by atoms with Crippen LogP contribution in [0.3, 0.4) is 0 Å². The first-order valence-corrected chi connectivity index (χ1v) is 11.4. The van der Waals surface area contributed by atoms with E-state index in [0.717, 1.165) is 16.6 Å². The van der Waals surface area contributed by atoms with Gasteiger partial charge in [0.15, 0.2) is 11.5 Å². The molecule has 0 saturated carbocycles. The fourth-order valence-electron chi connectivity index (χ4n) is 4.09. The van der Waals surface area contributed by atoms with Gasteiger partial charge in [0.05, 0.1) is 29.8 Å². The summed E-state index contributed by atoms with van der Waals surface area (Å²) < 4.78 is 8.18. The maximum atomic E-state index is 12.6. The Morgan fingerprint density at radius 1 is 1.00 bits per heavy atom. The number of ether oxygens (including phenoxy) is 1. The van der Waals surface area contributed by atoms with E-state index in [1.54, 1.807) is 0 Å². The number of hydrogen-bond acceptors (Lipinski definition) is 5. The molecule has 0 aliphatic carbocycles. The van der Waals surface area contributed by atoms with Gasteiger partial charge in [0.2, 0.25) is 0 Å². The normalized spacial score (nSPS) is 12.8. The minimum atomic E-state index is -0.680. The summed E-state index contributed by atoms with van der Waals surface area (Å²) in [5.74, 6) is 0.592. The molecule has 2 aromatic rings. The first kappa shape index (κ1) is 22.9. The number of fused-ring (bicyclic) bond motifs is 2. The molecule has 2 aliphatic rings. The third kappa shape index (κ3) is 5.03. The molecule has 33 heavy (non-hydrogen) atoms. The van der Waals surface area contributed by atoms with Crippen molar-refractivity contribution in [1.82, 2.24) is 19.5 Å². The van der Waals surface area contributed by atoms with Gasteiger partial charge in [0.1, 0.15) is 0 Å². The molecule has 0 fully saturated rings. The summed E-state index contributed by atoms with van der Waals surface area (Å²) >= 11 is 0. The number of nitrogens with one attached hydrogen (secondary N) is 1. The molecule has 4 rings (SSSR count). The highest BCUT2D eigenvalue weighted by Crippen LogP contribution is 2.26. The van der Waals surface area contributed by atoms with Crippen LogP contribution in [0.5, 0.6) is 0 Å². The molecule has 1 unspecified atom stereocenters. The van der Waals surface area contributed by atoms with Crippen LogP contribution in [0.1, 0.15) is 50.3 Å². The molecule has 1 N–H and O–H groups in total. The van der Waals surface area contributed by atoms with Crippen molar-refractivity contribution in [2.75, 3.05) is 0 Å². The second-order valence-corrected chi connectivity index (χ2v) is 9.17. The van der Waals surface area contributed by atoms with Crippen LogP contribution in [-0.2, 0) is 17.7 Å². The molecule has 7 nitrogen and oxygen atoms in total. The molecular formula is C26H30N4O3. The monoisotopic (exact) mass is 446 g/mol. The average Bonchev–Trinajstić information content (AvgIpc) is 2.75. The summed E-state index contributed by atoms with van der Waals surface area (Å²) in [4.78, 5) is 35.6. The van der Waals surface area contributed by atoms with Gasteiger partial charge in [0.25, 0.3) is 5.56 Å². The lowest BCUT2D eigenvalue weighted by molar-refractivity contribution is -0.000461. The third-order valence-electron chi connectivity index (χ3n) is 5.73. The molecule has 0 bridgehead atoms. The Morgan fingerprint density at radius 3 is 2.39 bits per heavy atom. The van der Waals surface area contributed by atoms with Crippen LogP contribution < -0.4 is 11.2 Å². The van der Waals surface area contributed by atoms with E-state index < -0.39 is 11.2 Å². The molecule has 1 atom stereocenters. The van der Waals surface area contributed by atoms with Crippen molar-refractivity contribution in [3.63, 3.8) is 0 Å². The van der Waals surface area contributed by atoms with E-state index in [1.807, 2.05) is 30.5 Å². The van der Waals surface area contributed by atoms with E-state index in [0.29, 0.717) is 24.4 Å². The zero-order valence-corrected chi connectivity index (χ0v) is 19.8. The number of hydrogen-bond donors (Lipinski definition) is 1. The molecule has 2 aliphatic heterocycles. The van der Waals surface area contributed by atoms with Crippen molar-refractivity contribution in [2.24, 2.45) is 0 Å². The Kier molecular flexibility index (Phi) is 6.42. The molecule has 0 spiro atoms. The number of benzene rings is 2. The van der Waals surface area contributed by atoms with Gasteiger partial charge in [-0.3, -0.25) is 9.78 Å². The molecule has 2 heterocycles. The van der Waals surface area contributed by atoms with E-state index in [4.69, 9.17) is 4.74 Å². The van der Waals surface area contributed by atoms with E-state index in [1.165, 1.54) is 5.56 Å². The van der Waals surface area contributed by atoms with Gasteiger partial charge in [-0.15, -0.1) is 0 Å². The van der Waals surface area contributed by atoms with Crippen LogP contribution >= 0.6 is 0 Å². The smallest absolute Gasteiger partial charge is 0.349 e. The fourth-order valence-corrected chi connectivity index (χ4v) is 4.09. The molecule has 7 heteroatoms. The molecule has 0 saturated heterocycles. The van der Waals surface area contributed by atoms with Crippen LogP contribution in [-0.4, -0.2) is 31.7 Å². The number of aryl methyl sites for hydroxylation is 1. The van der Waals surface area contributed by atoms with Crippen LogP contribution in [0.15, 0.2) is 52.1 Å². The van der Waals surface area contributed by atoms with Gasteiger partial charge in [-0.2, -0.15) is 4.98 Å². The lowest BCUT2D eigenvalue weighted by Gasteiger charge is -2.25. The predicted molar refractivity (Wildman–Crippen MR) is 130 cm³/mol. The van der Waals surface area contributed by atoms with E-state index in [-0.39, 0.29) is 23.7 Å². The lowest BCUT2D eigenvalue weighted by atomic mass is 10.0. The van der Waals surface area contributed by atoms with Crippen molar-refractivity contribution in [3.05, 3.63) is 80.0 Å². The van der Waals surface area contributed by atoms with Crippen LogP contribution in [0.2, 0.25) is 0 Å². The van der Waals surface area contributed by atoms with Gasteiger partial charge in [0, 0.05) is 6.42 Å². The summed E-state index contributed by atoms with van der Waals surface area (Å²) in [5, 5.41) is 0. The minimum absolute atomic E-state index is 0.0133. The molecule has 0 radical (unpaired) electrons. The first-order valence-electron chi connectivity index (χ1n) is 11.4.